The lowest BCUT2D eigenvalue weighted by Crippen LogP contribution is -2.91. The molecular weight excluding hydrogens is 652 g/mol. The van der Waals surface area contributed by atoms with Gasteiger partial charge in [0.15, 0.2) is 5.72 Å². The van der Waals surface area contributed by atoms with E-state index in [2.05, 4.69) is 0 Å². The van der Waals surface area contributed by atoms with E-state index in [0.717, 1.165) is 50.9 Å². The van der Waals surface area contributed by atoms with Gasteiger partial charge in [-0.3, -0.25) is 14.6 Å². The molecule has 14 nitrogen and oxygen atoms in total. The van der Waals surface area contributed by atoms with E-state index >= 15 is 0 Å². The van der Waals surface area contributed by atoms with Gasteiger partial charge in [-0.1, -0.05) is 19.1 Å². The predicted octanol–water partition coefficient (Wildman–Crippen LogP) is -0.577. The number of nitrogens with zero attached hydrogens (tertiary/aromatic N) is 4. The second-order valence-corrected chi connectivity index (χ2v) is 13.0. The van der Waals surface area contributed by atoms with Crippen LogP contribution in [0.1, 0.15) is 44.7 Å². The average molecular weight is 695 g/mol. The lowest BCUT2D eigenvalue weighted by Gasteiger charge is -2.64. The number of urea groups is 1. The van der Waals surface area contributed by atoms with E-state index < -0.39 is 75.3 Å². The van der Waals surface area contributed by atoms with E-state index in [4.69, 9.17) is 0 Å². The molecule has 1 aliphatic carbocycles. The Morgan fingerprint density at radius 2 is 1.54 bits per heavy atom. The summed E-state index contributed by atoms with van der Waals surface area (Å²) in [5, 5.41) is 93.5. The van der Waals surface area contributed by atoms with E-state index in [-0.39, 0.29) is 61.0 Å². The molecule has 4 rings (SSSR count). The van der Waals surface area contributed by atoms with Crippen molar-refractivity contribution < 1.29 is 68.0 Å². The van der Waals surface area contributed by atoms with Crippen LogP contribution in [0.5, 0.6) is 0 Å². The Labute approximate surface area is 273 Å². The van der Waals surface area contributed by atoms with Gasteiger partial charge in [-0.15, -0.1) is 0 Å². The maximum atomic E-state index is 14.3. The fourth-order valence-electron chi connectivity index (χ4n) is 7.30. The second-order valence-electron chi connectivity index (χ2n) is 13.0. The van der Waals surface area contributed by atoms with E-state index in [1.807, 2.05) is 0 Å². The highest BCUT2D eigenvalue weighted by atomic mass is 19.4. The van der Waals surface area contributed by atoms with E-state index in [0.29, 0.717) is 0 Å². The van der Waals surface area contributed by atoms with Gasteiger partial charge in [0.2, 0.25) is 17.4 Å². The zero-order valence-electron chi connectivity index (χ0n) is 27.0. The molecule has 0 bridgehead atoms. The third kappa shape index (κ3) is 5.66. The van der Waals surface area contributed by atoms with Crippen LogP contribution in [0.15, 0.2) is 29.8 Å². The van der Waals surface area contributed by atoms with Crippen LogP contribution in [-0.4, -0.2) is 141 Å². The number of benzene rings is 1. The molecule has 3 amide bonds. The first-order valence-electron chi connectivity index (χ1n) is 15.2. The standard InChI is InChI=1S/C30H42F4N4O10/c1-16-15-19(31)9-10-20(16)26(42)27(43,44)23(37-13-11-36(12-14-37)18(3)39)28(45,46)30(47,48)38(26)24(40)35(5)25(4,41)21-7-6-8-22(17(21)2)29(32,33)34/h7,9-10,15,17,22-23,41-48H,6,8,11-14H2,1-5H3. The van der Waals surface area contributed by atoms with Crippen molar-refractivity contribution in [3.05, 3.63) is 46.8 Å². The number of hydrogen-bond acceptors (Lipinski definition) is 11. The number of likely N-dealkylation sites (N-methyl/N-ethyl adjacent to an activating group) is 1. The minimum Gasteiger partial charge on any atom is -0.367 e. The van der Waals surface area contributed by atoms with Gasteiger partial charge in [-0.05, 0) is 55.9 Å². The number of likely N-dealkylation sites (tertiary alicyclic amines) is 1. The van der Waals surface area contributed by atoms with Gasteiger partial charge in [0.05, 0.1) is 5.92 Å². The second kappa shape index (κ2) is 12.1. The van der Waals surface area contributed by atoms with Crippen molar-refractivity contribution in [2.24, 2.45) is 11.8 Å². The first kappa shape index (κ1) is 37.9. The van der Waals surface area contributed by atoms with E-state index in [1.165, 1.54) is 17.9 Å². The van der Waals surface area contributed by atoms with Gasteiger partial charge in [0.1, 0.15) is 11.9 Å². The van der Waals surface area contributed by atoms with Crippen molar-refractivity contribution in [1.29, 1.82) is 0 Å². The monoisotopic (exact) mass is 694 g/mol. The highest BCUT2D eigenvalue weighted by molar-refractivity contribution is 5.78. The van der Waals surface area contributed by atoms with Crippen molar-refractivity contribution in [3.63, 3.8) is 0 Å². The molecule has 18 heteroatoms. The van der Waals surface area contributed by atoms with Crippen LogP contribution in [0.2, 0.25) is 0 Å². The molecule has 3 aliphatic rings. The molecule has 2 aliphatic heterocycles. The minimum atomic E-state index is -4.69. The summed E-state index contributed by atoms with van der Waals surface area (Å²) < 4.78 is 55.7. The highest BCUT2D eigenvalue weighted by Crippen LogP contribution is 2.53. The van der Waals surface area contributed by atoms with E-state index in [9.17, 15) is 68.0 Å². The molecular formula is C30H42F4N4O10. The lowest BCUT2D eigenvalue weighted by atomic mass is 9.74. The average Bonchev–Trinajstić information content (AvgIpc) is 2.95. The van der Waals surface area contributed by atoms with Crippen molar-refractivity contribution in [2.45, 2.75) is 81.7 Å². The number of allylic oxidation sites excluding steroid dienone is 1. The molecule has 2 heterocycles. The molecule has 1 aromatic carbocycles. The zero-order chi connectivity index (χ0) is 36.6. The summed E-state index contributed by atoms with van der Waals surface area (Å²) in [6.07, 6.45) is -3.93. The summed E-state index contributed by atoms with van der Waals surface area (Å²) >= 11 is 0. The Bertz CT molecular complexity index is 1460. The summed E-state index contributed by atoms with van der Waals surface area (Å²) in [4.78, 5) is 28.2. The van der Waals surface area contributed by atoms with Gasteiger partial charge in [-0.2, -0.15) is 13.2 Å². The summed E-state index contributed by atoms with van der Waals surface area (Å²) in [6.45, 7) is 3.57. The number of aryl methyl sites for hydroxylation is 1. The number of rotatable bonds is 4. The predicted molar refractivity (Wildman–Crippen MR) is 156 cm³/mol. The minimum absolute atomic E-state index is 0.115. The van der Waals surface area contributed by atoms with Gasteiger partial charge in [0, 0.05) is 45.7 Å². The maximum absolute atomic E-state index is 14.3. The molecule has 0 radical (unpaired) electrons. The number of amides is 3. The first-order valence-corrected chi connectivity index (χ1v) is 15.2. The number of hydrogen-bond donors (Lipinski definition) is 8. The van der Waals surface area contributed by atoms with Crippen molar-refractivity contribution in [1.82, 2.24) is 19.6 Å². The summed E-state index contributed by atoms with van der Waals surface area (Å²) in [5.74, 6) is -17.1. The van der Waals surface area contributed by atoms with Crippen LogP contribution in [0.25, 0.3) is 0 Å². The third-order valence-electron chi connectivity index (χ3n) is 10.1. The molecule has 2 fully saturated rings. The quantitative estimate of drug-likeness (QED) is 0.114. The normalized spacial score (nSPS) is 30.4. The molecule has 0 saturated carbocycles. The number of piperazine rings is 1. The van der Waals surface area contributed by atoms with Gasteiger partial charge < -0.3 is 45.8 Å². The molecule has 0 spiro atoms. The van der Waals surface area contributed by atoms with Crippen LogP contribution >= 0.6 is 0 Å². The molecule has 270 valence electrons. The third-order valence-corrected chi connectivity index (χ3v) is 10.1. The summed E-state index contributed by atoms with van der Waals surface area (Å²) in [5.41, 5.74) is -7.86. The van der Waals surface area contributed by atoms with Crippen LogP contribution in [0.3, 0.4) is 0 Å². The maximum Gasteiger partial charge on any atom is 0.392 e. The van der Waals surface area contributed by atoms with Gasteiger partial charge in [-0.25, -0.2) is 14.1 Å². The van der Waals surface area contributed by atoms with E-state index in [1.54, 1.807) is 0 Å². The molecule has 1 aromatic rings. The van der Waals surface area contributed by atoms with Crippen LogP contribution in [-0.2, 0) is 10.5 Å². The Balaban J connectivity index is 1.90. The number of carbonyl (C=O) groups is 2. The molecule has 5 atom stereocenters. The summed E-state index contributed by atoms with van der Waals surface area (Å²) in [7, 11) is 0.793. The highest BCUT2D eigenvalue weighted by Gasteiger charge is 2.81. The molecule has 2 saturated heterocycles. The van der Waals surface area contributed by atoms with Crippen molar-refractivity contribution in [3.8, 4) is 0 Å². The van der Waals surface area contributed by atoms with Crippen molar-refractivity contribution in [2.75, 3.05) is 33.2 Å². The largest absolute Gasteiger partial charge is 0.392 e. The number of halogens is 4. The SMILES string of the molecule is CC(=O)N1CCN(C2C(O)(O)C(O)(O)N(C(=O)N(C)C(C)(O)C3=CCCC(C(F)(F)F)C3C)C(O)(c3ccc(F)cc3C)C2(O)O)CC1. The van der Waals surface area contributed by atoms with Crippen LogP contribution in [0, 0.1) is 24.6 Å². The Morgan fingerprint density at radius 1 is 0.979 bits per heavy atom. The smallest absolute Gasteiger partial charge is 0.367 e. The number of aliphatic hydroxyl groups is 8. The number of piperidine rings is 1. The fourth-order valence-corrected chi connectivity index (χ4v) is 7.30. The van der Waals surface area contributed by atoms with Crippen LogP contribution < -0.4 is 0 Å². The zero-order valence-corrected chi connectivity index (χ0v) is 27.0. The van der Waals surface area contributed by atoms with Gasteiger partial charge >= 0.3 is 18.1 Å². The lowest BCUT2D eigenvalue weighted by molar-refractivity contribution is -0.525. The molecule has 5 unspecified atom stereocenters. The molecule has 0 aromatic heterocycles. The topological polar surface area (TPSA) is 209 Å². The number of carbonyl (C=O) groups excluding carboxylic acids is 2. The first-order chi connectivity index (χ1) is 21.8. The Hall–Kier alpha value is -2.94. The fraction of sp³-hybridized carbons (Fsp3) is 0.667. The van der Waals surface area contributed by atoms with Gasteiger partial charge in [0.25, 0.3) is 5.79 Å². The Morgan fingerprint density at radius 3 is 2.04 bits per heavy atom. The molecule has 48 heavy (non-hydrogen) atoms. The van der Waals surface area contributed by atoms with Crippen molar-refractivity contribution >= 4 is 11.9 Å². The summed E-state index contributed by atoms with van der Waals surface area (Å²) in [6, 6.07) is -2.31. The Kier molecular flexibility index (Phi) is 9.57. The molecule has 8 N–H and O–H groups in total. The number of alkyl halides is 3. The van der Waals surface area contributed by atoms with Crippen LogP contribution in [0.4, 0.5) is 22.4 Å².